The summed E-state index contributed by atoms with van der Waals surface area (Å²) >= 11 is 0. The average molecular weight is 352 g/mol. The van der Waals surface area contributed by atoms with Crippen LogP contribution in [0.3, 0.4) is 0 Å². The van der Waals surface area contributed by atoms with Crippen molar-refractivity contribution in [3.05, 3.63) is 72.4 Å². The van der Waals surface area contributed by atoms with Gasteiger partial charge in [0, 0.05) is 18.9 Å². The summed E-state index contributed by atoms with van der Waals surface area (Å²) in [4.78, 5) is 23.9. The summed E-state index contributed by atoms with van der Waals surface area (Å²) in [5, 5.41) is 9.60. The zero-order chi connectivity index (χ0) is 18.4. The predicted octanol–water partition coefficient (Wildman–Crippen LogP) is 1.94. The van der Waals surface area contributed by atoms with Crippen molar-refractivity contribution in [2.24, 2.45) is 0 Å². The number of nitrogens with one attached hydrogen (secondary N) is 2. The number of aromatic nitrogens is 2. The van der Waals surface area contributed by atoms with Gasteiger partial charge >= 0.3 is 0 Å². The lowest BCUT2D eigenvalue weighted by Gasteiger charge is -2.13. The second-order valence-corrected chi connectivity index (χ2v) is 5.83. The van der Waals surface area contributed by atoms with Gasteiger partial charge in [-0.3, -0.25) is 9.59 Å². The van der Waals surface area contributed by atoms with Gasteiger partial charge in [0.1, 0.15) is 6.04 Å². The van der Waals surface area contributed by atoms with Crippen LogP contribution in [0.25, 0.3) is 5.69 Å². The number of rotatable bonds is 7. The predicted molar refractivity (Wildman–Crippen MR) is 95.9 cm³/mol. The summed E-state index contributed by atoms with van der Waals surface area (Å²) in [6.07, 6.45) is 5.73. The maximum absolute atomic E-state index is 12.1. The first-order valence-corrected chi connectivity index (χ1v) is 8.34. The van der Waals surface area contributed by atoms with Crippen LogP contribution < -0.4 is 10.6 Å². The monoisotopic (exact) mass is 352 g/mol. The van der Waals surface area contributed by atoms with Gasteiger partial charge in [0.15, 0.2) is 5.76 Å². The Hall–Kier alpha value is -3.35. The van der Waals surface area contributed by atoms with Gasteiger partial charge < -0.3 is 15.1 Å². The highest BCUT2D eigenvalue weighted by atomic mass is 16.3. The molecule has 0 saturated carbocycles. The molecule has 0 aliphatic carbocycles. The van der Waals surface area contributed by atoms with E-state index < -0.39 is 11.9 Å². The molecule has 0 radical (unpaired) electrons. The number of benzene rings is 1. The van der Waals surface area contributed by atoms with Gasteiger partial charge in [0.05, 0.1) is 12.0 Å². The molecular formula is C19H20N4O3. The van der Waals surface area contributed by atoms with E-state index in [2.05, 4.69) is 15.7 Å². The van der Waals surface area contributed by atoms with E-state index in [1.165, 1.54) is 6.26 Å². The van der Waals surface area contributed by atoms with Gasteiger partial charge in [-0.05, 0) is 49.2 Å². The summed E-state index contributed by atoms with van der Waals surface area (Å²) in [6.45, 7) is 2.12. The Labute approximate surface area is 151 Å². The minimum Gasteiger partial charge on any atom is -0.459 e. The fraction of sp³-hybridized carbons (Fsp3) is 0.211. The lowest BCUT2D eigenvalue weighted by atomic mass is 10.1. The van der Waals surface area contributed by atoms with Gasteiger partial charge in [0.25, 0.3) is 5.91 Å². The summed E-state index contributed by atoms with van der Waals surface area (Å²) in [5.74, 6) is -0.466. The molecule has 3 aromatic rings. The van der Waals surface area contributed by atoms with Crippen molar-refractivity contribution >= 4 is 11.8 Å². The highest BCUT2D eigenvalue weighted by Crippen LogP contribution is 2.09. The zero-order valence-corrected chi connectivity index (χ0v) is 14.4. The molecular weight excluding hydrogens is 332 g/mol. The van der Waals surface area contributed by atoms with Crippen LogP contribution in [0.5, 0.6) is 0 Å². The maximum Gasteiger partial charge on any atom is 0.287 e. The van der Waals surface area contributed by atoms with E-state index >= 15 is 0 Å². The third kappa shape index (κ3) is 4.38. The highest BCUT2D eigenvalue weighted by molar-refractivity contribution is 5.95. The first kappa shape index (κ1) is 17.5. The lowest BCUT2D eigenvalue weighted by Crippen LogP contribution is -2.45. The van der Waals surface area contributed by atoms with Crippen molar-refractivity contribution in [2.75, 3.05) is 6.54 Å². The van der Waals surface area contributed by atoms with Crippen LogP contribution in [0.1, 0.15) is 23.0 Å². The number of furan rings is 1. The van der Waals surface area contributed by atoms with Crippen molar-refractivity contribution in [1.29, 1.82) is 0 Å². The van der Waals surface area contributed by atoms with Crippen LogP contribution in [0.2, 0.25) is 0 Å². The topological polar surface area (TPSA) is 89.2 Å². The average Bonchev–Trinajstić information content (AvgIpc) is 3.36. The van der Waals surface area contributed by atoms with E-state index in [9.17, 15) is 9.59 Å². The molecule has 0 aliphatic heterocycles. The first-order chi connectivity index (χ1) is 12.6. The second-order valence-electron chi connectivity index (χ2n) is 5.83. The Morgan fingerprint density at radius 2 is 2.00 bits per heavy atom. The number of nitrogens with zero attached hydrogens (tertiary/aromatic N) is 2. The molecule has 1 unspecified atom stereocenters. The normalized spacial score (nSPS) is 11.7. The van der Waals surface area contributed by atoms with E-state index in [4.69, 9.17) is 4.42 Å². The third-order valence-electron chi connectivity index (χ3n) is 3.90. The second kappa shape index (κ2) is 8.15. The minimum absolute atomic E-state index is 0.182. The number of carbonyl (C=O) groups excluding carboxylic acids is 2. The summed E-state index contributed by atoms with van der Waals surface area (Å²) < 4.78 is 6.79. The molecule has 3 rings (SSSR count). The number of amides is 2. The third-order valence-corrected chi connectivity index (χ3v) is 3.90. The van der Waals surface area contributed by atoms with Crippen LogP contribution in [0, 0.1) is 0 Å². The van der Waals surface area contributed by atoms with Crippen LogP contribution >= 0.6 is 0 Å². The molecule has 1 aromatic carbocycles. The van der Waals surface area contributed by atoms with E-state index in [1.807, 2.05) is 36.5 Å². The molecule has 134 valence electrons. The van der Waals surface area contributed by atoms with Crippen molar-refractivity contribution in [2.45, 2.75) is 19.4 Å². The summed E-state index contributed by atoms with van der Waals surface area (Å²) in [7, 11) is 0. The molecule has 2 aromatic heterocycles. The van der Waals surface area contributed by atoms with Gasteiger partial charge in [-0.1, -0.05) is 12.1 Å². The van der Waals surface area contributed by atoms with Gasteiger partial charge in [-0.2, -0.15) is 5.10 Å². The van der Waals surface area contributed by atoms with E-state index in [0.717, 1.165) is 11.3 Å². The van der Waals surface area contributed by atoms with Crippen molar-refractivity contribution in [3.8, 4) is 5.69 Å². The quantitative estimate of drug-likeness (QED) is 0.680. The van der Waals surface area contributed by atoms with Crippen LogP contribution in [0.4, 0.5) is 0 Å². The van der Waals surface area contributed by atoms with Crippen LogP contribution in [-0.2, 0) is 11.2 Å². The molecule has 26 heavy (non-hydrogen) atoms. The summed E-state index contributed by atoms with van der Waals surface area (Å²) in [6, 6.07) is 12.4. The molecule has 2 amide bonds. The van der Waals surface area contributed by atoms with Crippen LogP contribution in [0.15, 0.2) is 65.5 Å². The number of hydrogen-bond acceptors (Lipinski definition) is 4. The smallest absolute Gasteiger partial charge is 0.287 e. The van der Waals surface area contributed by atoms with Crippen molar-refractivity contribution in [1.82, 2.24) is 20.4 Å². The molecule has 7 nitrogen and oxygen atoms in total. The van der Waals surface area contributed by atoms with Crippen molar-refractivity contribution in [3.63, 3.8) is 0 Å². The van der Waals surface area contributed by atoms with Gasteiger partial charge in [-0.25, -0.2) is 4.68 Å². The first-order valence-electron chi connectivity index (χ1n) is 8.34. The highest BCUT2D eigenvalue weighted by Gasteiger charge is 2.17. The molecule has 0 aliphatic rings. The molecule has 2 heterocycles. The van der Waals surface area contributed by atoms with Crippen molar-refractivity contribution < 1.29 is 14.0 Å². The Bertz CT molecular complexity index is 840. The van der Waals surface area contributed by atoms with Gasteiger partial charge in [0.2, 0.25) is 5.91 Å². The standard InChI is InChI=1S/C19H20N4O3/c1-14(22-19(25)17-4-2-13-26-17)18(24)20-11-9-15-5-7-16(8-6-15)23-12-3-10-21-23/h2-8,10,12-14H,9,11H2,1H3,(H,20,24)(H,22,25). The van der Waals surface area contributed by atoms with E-state index in [0.29, 0.717) is 13.0 Å². The Kier molecular flexibility index (Phi) is 5.48. The molecule has 0 spiro atoms. The molecule has 0 bridgehead atoms. The largest absolute Gasteiger partial charge is 0.459 e. The van der Waals surface area contributed by atoms with E-state index in [-0.39, 0.29) is 11.7 Å². The Balaban J connectivity index is 1.43. The Morgan fingerprint density at radius 1 is 1.19 bits per heavy atom. The summed E-state index contributed by atoms with van der Waals surface area (Å²) in [5.41, 5.74) is 2.09. The molecule has 0 fully saturated rings. The van der Waals surface area contributed by atoms with Gasteiger partial charge in [-0.15, -0.1) is 0 Å². The minimum atomic E-state index is -0.644. The maximum atomic E-state index is 12.1. The molecule has 0 saturated heterocycles. The molecule has 7 heteroatoms. The zero-order valence-electron chi connectivity index (χ0n) is 14.4. The van der Waals surface area contributed by atoms with Crippen LogP contribution in [-0.4, -0.2) is 34.2 Å². The number of hydrogen-bond donors (Lipinski definition) is 2. The fourth-order valence-corrected chi connectivity index (χ4v) is 2.46. The molecule has 1 atom stereocenters. The molecule has 2 N–H and O–H groups in total. The van der Waals surface area contributed by atoms with E-state index in [1.54, 1.807) is 29.9 Å². The fourth-order valence-electron chi connectivity index (χ4n) is 2.46. The number of carbonyl (C=O) groups is 2. The Morgan fingerprint density at radius 3 is 2.65 bits per heavy atom. The SMILES string of the molecule is CC(NC(=O)c1ccco1)C(=O)NCCc1ccc(-n2cccn2)cc1. The lowest BCUT2D eigenvalue weighted by molar-refractivity contribution is -0.122.